The summed E-state index contributed by atoms with van der Waals surface area (Å²) in [6.45, 7) is 2.67. The molecule has 0 saturated carbocycles. The lowest BCUT2D eigenvalue weighted by atomic mass is 10.1. The fraction of sp³-hybridized carbons (Fsp3) is 0.333. The normalized spacial score (nSPS) is 11.7. The molecule has 1 heterocycles. The van der Waals surface area contributed by atoms with Crippen molar-refractivity contribution in [1.82, 2.24) is 15.6 Å². The number of rotatable bonds is 6. The summed E-state index contributed by atoms with van der Waals surface area (Å²) in [5.41, 5.74) is -0.155. The van der Waals surface area contributed by atoms with Crippen LogP contribution < -0.4 is 10.6 Å². The summed E-state index contributed by atoms with van der Waals surface area (Å²) < 4.78 is 52.3. The number of nitrogens with one attached hydrogen (secondary N) is 2. The molecule has 2 N–H and O–H groups in total. The molecule has 0 radical (unpaired) electrons. The Labute approximate surface area is 182 Å². The third kappa shape index (κ3) is 7.78. The maximum Gasteiger partial charge on any atom is 0.416 e. The van der Waals surface area contributed by atoms with Crippen molar-refractivity contribution in [2.24, 2.45) is 4.99 Å². The zero-order valence-corrected chi connectivity index (χ0v) is 18.1. The Morgan fingerprint density at radius 3 is 2.54 bits per heavy atom. The molecule has 0 amide bonds. The van der Waals surface area contributed by atoms with Crippen molar-refractivity contribution >= 4 is 41.5 Å². The van der Waals surface area contributed by atoms with Crippen molar-refractivity contribution < 1.29 is 17.6 Å². The number of hydrogen-bond acceptors (Lipinski definition) is 2. The van der Waals surface area contributed by atoms with Gasteiger partial charge in [0.2, 0.25) is 0 Å². The topological polar surface area (TPSA) is 49.3 Å². The third-order valence-corrected chi connectivity index (χ3v) is 3.85. The van der Waals surface area contributed by atoms with Gasteiger partial charge < -0.3 is 10.6 Å². The SMILES string of the molecule is CCNC(=NCc1ccc(F)cc1C(F)(F)F)NCCc1ccc(Cl)nc1.I. The molecule has 0 spiro atoms. The fourth-order valence-electron chi connectivity index (χ4n) is 2.34. The number of alkyl halides is 3. The molecule has 10 heteroatoms. The van der Waals surface area contributed by atoms with Gasteiger partial charge in [0.05, 0.1) is 12.1 Å². The molecule has 0 saturated heterocycles. The number of aromatic nitrogens is 1. The van der Waals surface area contributed by atoms with Crippen molar-refractivity contribution in [2.75, 3.05) is 13.1 Å². The van der Waals surface area contributed by atoms with E-state index in [1.54, 1.807) is 12.3 Å². The summed E-state index contributed by atoms with van der Waals surface area (Å²) in [5, 5.41) is 6.42. The molecule has 0 aliphatic carbocycles. The van der Waals surface area contributed by atoms with E-state index in [0.717, 1.165) is 17.7 Å². The molecule has 0 fully saturated rings. The largest absolute Gasteiger partial charge is 0.416 e. The minimum absolute atomic E-state index is 0. The first-order valence-corrected chi connectivity index (χ1v) is 8.65. The van der Waals surface area contributed by atoms with Crippen LogP contribution in [0.5, 0.6) is 0 Å². The van der Waals surface area contributed by atoms with Crippen molar-refractivity contribution in [2.45, 2.75) is 26.1 Å². The van der Waals surface area contributed by atoms with E-state index in [9.17, 15) is 17.6 Å². The van der Waals surface area contributed by atoms with Crippen LogP contribution in [0, 0.1) is 5.82 Å². The molecule has 2 aromatic rings. The molecule has 0 aliphatic rings. The van der Waals surface area contributed by atoms with Gasteiger partial charge in [-0.2, -0.15) is 13.2 Å². The zero-order chi connectivity index (χ0) is 19.9. The lowest BCUT2D eigenvalue weighted by Gasteiger charge is -2.14. The second-order valence-electron chi connectivity index (χ2n) is 5.66. The summed E-state index contributed by atoms with van der Waals surface area (Å²) in [6, 6.07) is 6.11. The van der Waals surface area contributed by atoms with E-state index in [1.165, 1.54) is 0 Å². The van der Waals surface area contributed by atoms with Gasteiger partial charge in [-0.25, -0.2) is 14.4 Å². The van der Waals surface area contributed by atoms with Crippen molar-refractivity contribution in [1.29, 1.82) is 0 Å². The van der Waals surface area contributed by atoms with Crippen LogP contribution in [-0.4, -0.2) is 24.0 Å². The molecule has 1 aromatic carbocycles. The number of benzene rings is 1. The first-order chi connectivity index (χ1) is 12.8. The molecule has 0 aliphatic heterocycles. The van der Waals surface area contributed by atoms with Crippen molar-refractivity contribution in [3.63, 3.8) is 0 Å². The summed E-state index contributed by atoms with van der Waals surface area (Å²) in [4.78, 5) is 8.15. The highest BCUT2D eigenvalue weighted by Crippen LogP contribution is 2.32. The van der Waals surface area contributed by atoms with Crippen LogP contribution in [0.4, 0.5) is 17.6 Å². The van der Waals surface area contributed by atoms with Gasteiger partial charge in [0.25, 0.3) is 0 Å². The third-order valence-electron chi connectivity index (χ3n) is 3.62. The number of halogens is 6. The van der Waals surface area contributed by atoms with Crippen LogP contribution in [0.25, 0.3) is 0 Å². The molecule has 1 aromatic heterocycles. The summed E-state index contributed by atoms with van der Waals surface area (Å²) >= 11 is 5.73. The van der Waals surface area contributed by atoms with E-state index < -0.39 is 17.6 Å². The van der Waals surface area contributed by atoms with Gasteiger partial charge in [0.1, 0.15) is 11.0 Å². The molecule has 2 rings (SSSR count). The number of pyridine rings is 1. The van der Waals surface area contributed by atoms with Crippen LogP contribution in [0.3, 0.4) is 0 Å². The van der Waals surface area contributed by atoms with Gasteiger partial charge in [-0.05, 0) is 42.7 Å². The lowest BCUT2D eigenvalue weighted by Crippen LogP contribution is -2.38. The smallest absolute Gasteiger partial charge is 0.357 e. The summed E-state index contributed by atoms with van der Waals surface area (Å²) in [5.74, 6) is -0.562. The number of guanidine groups is 1. The predicted octanol–water partition coefficient (Wildman–Crippen LogP) is 4.81. The zero-order valence-electron chi connectivity index (χ0n) is 15.0. The summed E-state index contributed by atoms with van der Waals surface area (Å²) in [7, 11) is 0. The monoisotopic (exact) mass is 530 g/mol. The Bertz CT molecular complexity index is 782. The van der Waals surface area contributed by atoms with Crippen molar-refractivity contribution in [3.8, 4) is 0 Å². The van der Waals surface area contributed by atoms with E-state index in [4.69, 9.17) is 11.6 Å². The Kier molecular flexibility index (Phi) is 9.94. The van der Waals surface area contributed by atoms with E-state index in [1.807, 2.05) is 13.0 Å². The van der Waals surface area contributed by atoms with Gasteiger partial charge in [-0.15, -0.1) is 24.0 Å². The average molecular weight is 531 g/mol. The van der Waals surface area contributed by atoms with Gasteiger partial charge in [-0.3, -0.25) is 0 Å². The van der Waals surface area contributed by atoms with Crippen LogP contribution in [0.2, 0.25) is 5.15 Å². The van der Waals surface area contributed by atoms with Gasteiger partial charge in [-0.1, -0.05) is 23.7 Å². The second-order valence-corrected chi connectivity index (χ2v) is 6.05. The highest BCUT2D eigenvalue weighted by Gasteiger charge is 2.33. The molecule has 0 atom stereocenters. The Morgan fingerprint density at radius 1 is 1.18 bits per heavy atom. The average Bonchev–Trinajstić information content (AvgIpc) is 2.61. The molecule has 0 unspecified atom stereocenters. The van der Waals surface area contributed by atoms with Gasteiger partial charge in [0, 0.05) is 19.3 Å². The van der Waals surface area contributed by atoms with E-state index in [0.29, 0.717) is 36.7 Å². The number of hydrogen-bond donors (Lipinski definition) is 2. The minimum Gasteiger partial charge on any atom is -0.357 e. The van der Waals surface area contributed by atoms with Crippen LogP contribution in [0.1, 0.15) is 23.6 Å². The Morgan fingerprint density at radius 2 is 1.93 bits per heavy atom. The van der Waals surface area contributed by atoms with Gasteiger partial charge in [0.15, 0.2) is 5.96 Å². The predicted molar refractivity (Wildman–Crippen MR) is 113 cm³/mol. The summed E-state index contributed by atoms with van der Waals surface area (Å²) in [6.07, 6.45) is -2.35. The molecule has 0 bridgehead atoms. The van der Waals surface area contributed by atoms with Crippen molar-refractivity contribution in [3.05, 3.63) is 64.2 Å². The van der Waals surface area contributed by atoms with Crippen LogP contribution in [0.15, 0.2) is 41.5 Å². The maximum atomic E-state index is 13.2. The second kappa shape index (κ2) is 11.4. The van der Waals surface area contributed by atoms with Gasteiger partial charge >= 0.3 is 6.18 Å². The lowest BCUT2D eigenvalue weighted by molar-refractivity contribution is -0.138. The van der Waals surface area contributed by atoms with E-state index in [-0.39, 0.29) is 36.1 Å². The first kappa shape index (κ1) is 24.4. The molecule has 28 heavy (non-hydrogen) atoms. The Hall–Kier alpha value is -1.62. The maximum absolute atomic E-state index is 13.2. The standard InChI is InChI=1S/C18H19ClF4N4.HI/c1-2-24-17(25-8-7-12-3-6-16(19)26-10-12)27-11-13-4-5-14(20)9-15(13)18(21,22)23;/h3-6,9-10H,2,7-8,11H2,1H3,(H2,24,25,27);1H. The Balaban J connectivity index is 0.00000392. The van der Waals surface area contributed by atoms with E-state index >= 15 is 0 Å². The minimum atomic E-state index is -4.64. The fourth-order valence-corrected chi connectivity index (χ4v) is 2.45. The van der Waals surface area contributed by atoms with E-state index in [2.05, 4.69) is 20.6 Å². The highest BCUT2D eigenvalue weighted by atomic mass is 127. The first-order valence-electron chi connectivity index (χ1n) is 8.28. The molecular weight excluding hydrogens is 511 g/mol. The molecular formula is C18H20ClF4IN4. The quantitative estimate of drug-likeness (QED) is 0.185. The number of nitrogens with zero attached hydrogens (tertiary/aromatic N) is 2. The van der Waals surface area contributed by atoms with Crippen LogP contribution in [-0.2, 0) is 19.1 Å². The molecule has 4 nitrogen and oxygen atoms in total. The number of aliphatic imine (C=N–C) groups is 1. The highest BCUT2D eigenvalue weighted by molar-refractivity contribution is 14.0. The van der Waals surface area contributed by atoms with Crippen LogP contribution >= 0.6 is 35.6 Å². The molecule has 154 valence electrons.